The third-order valence-electron chi connectivity index (χ3n) is 4.35. The number of nitrogens with one attached hydrogen (secondary N) is 1. The number of hydrogen-bond acceptors (Lipinski definition) is 2. The van der Waals surface area contributed by atoms with Crippen LogP contribution in [0.3, 0.4) is 0 Å². The molecule has 1 saturated carbocycles. The molecule has 1 unspecified atom stereocenters. The summed E-state index contributed by atoms with van der Waals surface area (Å²) in [6.45, 7) is 5.57. The molecule has 1 aromatic rings. The van der Waals surface area contributed by atoms with Crippen molar-refractivity contribution in [3.8, 4) is 0 Å². The zero-order valence-electron chi connectivity index (χ0n) is 12.4. The molecule has 0 bridgehead atoms. The van der Waals surface area contributed by atoms with Crippen molar-refractivity contribution in [1.82, 2.24) is 10.3 Å². The molecule has 0 saturated heterocycles. The van der Waals surface area contributed by atoms with Crippen molar-refractivity contribution in [2.45, 2.75) is 64.3 Å². The molecule has 2 rings (SSSR count). The molecule has 0 radical (unpaired) electrons. The Morgan fingerprint density at radius 1 is 1.11 bits per heavy atom. The minimum absolute atomic E-state index is 0.565. The van der Waals surface area contributed by atoms with Crippen LogP contribution in [0.25, 0.3) is 0 Å². The van der Waals surface area contributed by atoms with Gasteiger partial charge in [0.1, 0.15) is 0 Å². The lowest BCUT2D eigenvalue weighted by molar-refractivity contribution is 0.353. The van der Waals surface area contributed by atoms with Gasteiger partial charge in [0.2, 0.25) is 0 Å². The quantitative estimate of drug-likeness (QED) is 0.805. The molecular formula is C17H28N2. The summed E-state index contributed by atoms with van der Waals surface area (Å²) in [6.07, 6.45) is 12.3. The second-order valence-corrected chi connectivity index (χ2v) is 6.20. The summed E-state index contributed by atoms with van der Waals surface area (Å²) in [5.74, 6) is 1.50. The van der Waals surface area contributed by atoms with Crippen LogP contribution in [0.1, 0.15) is 63.9 Å². The first-order chi connectivity index (χ1) is 9.27. The molecule has 1 aromatic heterocycles. The van der Waals surface area contributed by atoms with Crippen LogP contribution >= 0.6 is 0 Å². The molecule has 1 aliphatic rings. The van der Waals surface area contributed by atoms with E-state index in [2.05, 4.69) is 36.3 Å². The summed E-state index contributed by atoms with van der Waals surface area (Å²) in [5.41, 5.74) is 1.47. The fraction of sp³-hybridized carbons (Fsp3) is 0.706. The van der Waals surface area contributed by atoms with E-state index < -0.39 is 0 Å². The van der Waals surface area contributed by atoms with E-state index in [0.717, 1.165) is 12.5 Å². The predicted molar refractivity (Wildman–Crippen MR) is 81.3 cm³/mol. The Bertz CT molecular complexity index is 340. The van der Waals surface area contributed by atoms with E-state index in [1.165, 1.54) is 44.1 Å². The van der Waals surface area contributed by atoms with Crippen molar-refractivity contribution in [3.05, 3.63) is 30.1 Å². The molecule has 106 valence electrons. The molecule has 1 N–H and O–H groups in total. The average molecular weight is 260 g/mol. The SMILES string of the molecule is CC(C)NCC(c1ccncc1)C1CCCCCC1. The smallest absolute Gasteiger partial charge is 0.0270 e. The first kappa shape index (κ1) is 14.5. The molecule has 0 aromatic carbocycles. The van der Waals surface area contributed by atoms with E-state index >= 15 is 0 Å². The lowest BCUT2D eigenvalue weighted by Gasteiger charge is -2.28. The van der Waals surface area contributed by atoms with E-state index in [1.54, 1.807) is 0 Å². The van der Waals surface area contributed by atoms with Crippen LogP contribution in [0.4, 0.5) is 0 Å². The Morgan fingerprint density at radius 2 is 1.74 bits per heavy atom. The Labute approximate surface area is 118 Å². The average Bonchev–Trinajstić information content (AvgIpc) is 2.69. The molecule has 1 atom stereocenters. The van der Waals surface area contributed by atoms with E-state index in [0.29, 0.717) is 12.0 Å². The molecule has 1 heterocycles. The maximum absolute atomic E-state index is 4.17. The van der Waals surface area contributed by atoms with Gasteiger partial charge in [-0.05, 0) is 42.4 Å². The van der Waals surface area contributed by atoms with Crippen LogP contribution in [-0.2, 0) is 0 Å². The predicted octanol–water partition coefficient (Wildman–Crippen LogP) is 4.13. The second kappa shape index (κ2) is 7.64. The van der Waals surface area contributed by atoms with Crippen LogP contribution < -0.4 is 5.32 Å². The van der Waals surface area contributed by atoms with Crippen LogP contribution in [-0.4, -0.2) is 17.6 Å². The summed E-state index contributed by atoms with van der Waals surface area (Å²) in [6, 6.07) is 4.98. The van der Waals surface area contributed by atoms with Gasteiger partial charge in [0.15, 0.2) is 0 Å². The summed E-state index contributed by atoms with van der Waals surface area (Å²) >= 11 is 0. The fourth-order valence-corrected chi connectivity index (χ4v) is 3.24. The van der Waals surface area contributed by atoms with Gasteiger partial charge in [-0.15, -0.1) is 0 Å². The number of hydrogen-bond donors (Lipinski definition) is 1. The highest BCUT2D eigenvalue weighted by molar-refractivity contribution is 5.17. The molecule has 0 aliphatic heterocycles. The van der Waals surface area contributed by atoms with E-state index in [4.69, 9.17) is 0 Å². The number of rotatable bonds is 5. The van der Waals surface area contributed by atoms with Crippen molar-refractivity contribution in [2.24, 2.45) is 5.92 Å². The summed E-state index contributed by atoms with van der Waals surface area (Å²) in [4.78, 5) is 4.17. The van der Waals surface area contributed by atoms with Crippen molar-refractivity contribution in [1.29, 1.82) is 0 Å². The summed E-state index contributed by atoms with van der Waals surface area (Å²) < 4.78 is 0. The molecule has 0 spiro atoms. The largest absolute Gasteiger partial charge is 0.314 e. The number of pyridine rings is 1. The van der Waals surface area contributed by atoms with Gasteiger partial charge in [-0.2, -0.15) is 0 Å². The van der Waals surface area contributed by atoms with Gasteiger partial charge in [-0.1, -0.05) is 39.5 Å². The van der Waals surface area contributed by atoms with Gasteiger partial charge in [-0.3, -0.25) is 4.98 Å². The van der Waals surface area contributed by atoms with Crippen molar-refractivity contribution in [2.75, 3.05) is 6.54 Å². The number of nitrogens with zero attached hydrogens (tertiary/aromatic N) is 1. The van der Waals surface area contributed by atoms with Crippen LogP contribution in [0.15, 0.2) is 24.5 Å². The molecule has 1 fully saturated rings. The van der Waals surface area contributed by atoms with E-state index in [9.17, 15) is 0 Å². The highest BCUT2D eigenvalue weighted by Gasteiger charge is 2.24. The standard InChI is InChI=1S/C17H28N2/c1-14(2)19-13-17(16-9-11-18-12-10-16)15-7-5-3-4-6-8-15/h9-12,14-15,17,19H,3-8,13H2,1-2H3. The normalized spacial score (nSPS) is 19.3. The number of aromatic nitrogens is 1. The molecule has 2 heteroatoms. The van der Waals surface area contributed by atoms with E-state index in [-0.39, 0.29) is 0 Å². The van der Waals surface area contributed by atoms with Crippen molar-refractivity contribution in [3.63, 3.8) is 0 Å². The zero-order chi connectivity index (χ0) is 13.5. The fourth-order valence-electron chi connectivity index (χ4n) is 3.24. The minimum atomic E-state index is 0.565. The molecule has 19 heavy (non-hydrogen) atoms. The Hall–Kier alpha value is -0.890. The maximum atomic E-state index is 4.17. The monoisotopic (exact) mass is 260 g/mol. The van der Waals surface area contributed by atoms with Crippen LogP contribution in [0, 0.1) is 5.92 Å². The summed E-state index contributed by atoms with van der Waals surface area (Å²) in [5, 5.41) is 3.64. The van der Waals surface area contributed by atoms with Crippen molar-refractivity contribution < 1.29 is 0 Å². The highest BCUT2D eigenvalue weighted by atomic mass is 14.9. The third kappa shape index (κ3) is 4.61. The minimum Gasteiger partial charge on any atom is -0.314 e. The lowest BCUT2D eigenvalue weighted by Crippen LogP contribution is -2.31. The van der Waals surface area contributed by atoms with Crippen LogP contribution in [0.5, 0.6) is 0 Å². The van der Waals surface area contributed by atoms with Crippen LogP contribution in [0.2, 0.25) is 0 Å². The first-order valence-electron chi connectivity index (χ1n) is 7.90. The van der Waals surface area contributed by atoms with Gasteiger partial charge >= 0.3 is 0 Å². The third-order valence-corrected chi connectivity index (χ3v) is 4.35. The zero-order valence-corrected chi connectivity index (χ0v) is 12.4. The first-order valence-corrected chi connectivity index (χ1v) is 7.90. The molecule has 0 amide bonds. The molecule has 2 nitrogen and oxygen atoms in total. The summed E-state index contributed by atoms with van der Waals surface area (Å²) in [7, 11) is 0. The topological polar surface area (TPSA) is 24.9 Å². The lowest BCUT2D eigenvalue weighted by atomic mass is 9.81. The van der Waals surface area contributed by atoms with Gasteiger partial charge in [-0.25, -0.2) is 0 Å². The second-order valence-electron chi connectivity index (χ2n) is 6.20. The Morgan fingerprint density at radius 3 is 2.32 bits per heavy atom. The van der Waals surface area contributed by atoms with E-state index in [1.807, 2.05) is 12.4 Å². The Balaban J connectivity index is 2.08. The van der Waals surface area contributed by atoms with Gasteiger partial charge in [0.05, 0.1) is 0 Å². The maximum Gasteiger partial charge on any atom is 0.0270 e. The van der Waals surface area contributed by atoms with Gasteiger partial charge in [0, 0.05) is 25.0 Å². The molecular weight excluding hydrogens is 232 g/mol. The highest BCUT2D eigenvalue weighted by Crippen LogP contribution is 2.34. The Kier molecular flexibility index (Phi) is 5.84. The van der Waals surface area contributed by atoms with Gasteiger partial charge < -0.3 is 5.32 Å². The van der Waals surface area contributed by atoms with Gasteiger partial charge in [0.25, 0.3) is 0 Å². The van der Waals surface area contributed by atoms with Crippen molar-refractivity contribution >= 4 is 0 Å². The molecule has 1 aliphatic carbocycles.